The summed E-state index contributed by atoms with van der Waals surface area (Å²) in [6.07, 6.45) is 0. The summed E-state index contributed by atoms with van der Waals surface area (Å²) < 4.78 is 9.29. The van der Waals surface area contributed by atoms with Crippen molar-refractivity contribution in [2.75, 3.05) is 4.90 Å². The molecule has 0 N–H and O–H groups in total. The van der Waals surface area contributed by atoms with Crippen molar-refractivity contribution in [1.82, 2.24) is 15.0 Å². The summed E-state index contributed by atoms with van der Waals surface area (Å²) in [6.45, 7) is 0. The maximum absolute atomic E-state index is 6.78. The van der Waals surface area contributed by atoms with E-state index in [1.54, 1.807) is 11.3 Å². The molecule has 8 aromatic carbocycles. The first-order valence-electron chi connectivity index (χ1n) is 18.3. The normalized spacial score (nSPS) is 11.8. The summed E-state index contributed by atoms with van der Waals surface area (Å²) in [5, 5.41) is 4.51. The third kappa shape index (κ3) is 5.34. The van der Waals surface area contributed by atoms with E-state index in [9.17, 15) is 0 Å². The molecule has 1 aliphatic rings. The van der Waals surface area contributed by atoms with Gasteiger partial charge in [0.05, 0.1) is 0 Å². The van der Waals surface area contributed by atoms with Gasteiger partial charge in [-0.05, 0) is 83.7 Å². The van der Waals surface area contributed by atoms with E-state index >= 15 is 0 Å². The molecule has 11 rings (SSSR count). The van der Waals surface area contributed by atoms with E-state index in [-0.39, 0.29) is 0 Å². The van der Waals surface area contributed by atoms with E-state index in [0.29, 0.717) is 17.5 Å². The molecule has 258 valence electrons. The Labute approximate surface area is 321 Å². The Kier molecular flexibility index (Phi) is 7.28. The average molecular weight is 723 g/mol. The van der Waals surface area contributed by atoms with Gasteiger partial charge in [0, 0.05) is 70.9 Å². The number of ether oxygens (including phenoxy) is 1. The molecule has 5 nitrogen and oxygen atoms in total. The van der Waals surface area contributed by atoms with Crippen molar-refractivity contribution in [3.05, 3.63) is 182 Å². The summed E-state index contributed by atoms with van der Waals surface area (Å²) in [4.78, 5) is 17.6. The topological polar surface area (TPSA) is 51.1 Å². The molecule has 0 saturated carbocycles. The second kappa shape index (κ2) is 12.8. The molecule has 0 amide bonds. The van der Waals surface area contributed by atoms with E-state index in [1.807, 2.05) is 42.5 Å². The molecule has 0 fully saturated rings. The number of nitrogens with zero attached hydrogens (tertiary/aromatic N) is 4. The van der Waals surface area contributed by atoms with Crippen LogP contribution in [0.2, 0.25) is 0 Å². The van der Waals surface area contributed by atoms with Crippen LogP contribution in [0.15, 0.2) is 182 Å². The summed E-state index contributed by atoms with van der Waals surface area (Å²) in [5.41, 5.74) is 8.13. The molecule has 0 unspecified atom stereocenters. The quantitative estimate of drug-likeness (QED) is 0.171. The SMILES string of the molecule is c1ccc(-c2nc(-c3ccc4sc5ccccc5c4c3)nc(-c3ccc4c5c(cccc35)-c3ccc(N(c5ccccc5)c5ccccc5)cc3O4)n2)cc1. The number of anilines is 3. The van der Waals surface area contributed by atoms with E-state index < -0.39 is 0 Å². The Morgan fingerprint density at radius 3 is 1.80 bits per heavy atom. The summed E-state index contributed by atoms with van der Waals surface area (Å²) in [6, 6.07) is 63.1. The molecule has 0 spiro atoms. The van der Waals surface area contributed by atoms with Crippen molar-refractivity contribution in [2.24, 2.45) is 0 Å². The third-order valence-electron chi connectivity index (χ3n) is 10.3. The Morgan fingerprint density at radius 2 is 1.02 bits per heavy atom. The monoisotopic (exact) mass is 722 g/mol. The second-order valence-corrected chi connectivity index (χ2v) is 14.7. The van der Waals surface area contributed by atoms with Crippen LogP contribution in [0.25, 0.3) is 76.2 Å². The second-order valence-electron chi connectivity index (χ2n) is 13.6. The smallest absolute Gasteiger partial charge is 0.164 e. The standard InChI is InChI=1S/C49H30N4OS/c1-4-13-31(14-5-1)47-50-48(32-23-28-45-41(29-32)37-19-10-11-22-44(37)55-45)52-49(51-47)40-26-27-42-46-38(20-12-21-39(40)46)36-25-24-35(30-43(36)54-42)53(33-15-6-2-7-16-33)34-17-8-3-9-18-34/h1-30H. The molecule has 10 aromatic rings. The average Bonchev–Trinajstić information content (AvgIpc) is 3.63. The Hall–Kier alpha value is -7.15. The molecule has 2 aromatic heterocycles. The van der Waals surface area contributed by atoms with E-state index in [1.165, 1.54) is 20.2 Å². The van der Waals surface area contributed by atoms with E-state index in [4.69, 9.17) is 19.7 Å². The van der Waals surface area contributed by atoms with Crippen LogP contribution in [-0.4, -0.2) is 15.0 Å². The van der Waals surface area contributed by atoms with E-state index in [0.717, 1.165) is 67.2 Å². The van der Waals surface area contributed by atoms with Gasteiger partial charge in [0.15, 0.2) is 17.5 Å². The molecular weight excluding hydrogens is 693 g/mol. The van der Waals surface area contributed by atoms with Gasteiger partial charge >= 0.3 is 0 Å². The molecule has 6 heteroatoms. The minimum absolute atomic E-state index is 0.616. The van der Waals surface area contributed by atoms with Gasteiger partial charge in [-0.15, -0.1) is 11.3 Å². The van der Waals surface area contributed by atoms with Crippen molar-refractivity contribution in [3.8, 4) is 56.8 Å². The van der Waals surface area contributed by atoms with Crippen LogP contribution in [0.1, 0.15) is 0 Å². The number of benzene rings is 8. The summed E-state index contributed by atoms with van der Waals surface area (Å²) in [5.74, 6) is 3.50. The molecular formula is C49H30N4OS. The highest BCUT2D eigenvalue weighted by atomic mass is 32.1. The largest absolute Gasteiger partial charge is 0.456 e. The number of hydrogen-bond donors (Lipinski definition) is 0. The van der Waals surface area contributed by atoms with Crippen LogP contribution in [-0.2, 0) is 0 Å². The maximum atomic E-state index is 6.78. The zero-order chi connectivity index (χ0) is 36.3. The number of thiophene rings is 1. The lowest BCUT2D eigenvalue weighted by molar-refractivity contribution is 0.487. The highest BCUT2D eigenvalue weighted by Crippen LogP contribution is 2.50. The van der Waals surface area contributed by atoms with Gasteiger partial charge in [0.1, 0.15) is 11.5 Å². The highest BCUT2D eigenvalue weighted by Gasteiger charge is 2.25. The fourth-order valence-electron chi connectivity index (χ4n) is 7.76. The van der Waals surface area contributed by atoms with Crippen molar-refractivity contribution in [1.29, 1.82) is 0 Å². The van der Waals surface area contributed by atoms with Gasteiger partial charge in [-0.2, -0.15) is 0 Å². The first-order valence-corrected chi connectivity index (χ1v) is 19.1. The van der Waals surface area contributed by atoms with Gasteiger partial charge < -0.3 is 9.64 Å². The number of hydrogen-bond acceptors (Lipinski definition) is 6. The molecule has 0 aliphatic carbocycles. The zero-order valence-electron chi connectivity index (χ0n) is 29.4. The van der Waals surface area contributed by atoms with E-state index in [2.05, 4.69) is 144 Å². The van der Waals surface area contributed by atoms with Gasteiger partial charge in [0.2, 0.25) is 0 Å². The Morgan fingerprint density at radius 1 is 0.382 bits per heavy atom. The molecule has 3 heterocycles. The van der Waals surface area contributed by atoms with Crippen LogP contribution in [0, 0.1) is 0 Å². The maximum Gasteiger partial charge on any atom is 0.164 e. The lowest BCUT2D eigenvalue weighted by Crippen LogP contribution is -2.10. The fourth-order valence-corrected chi connectivity index (χ4v) is 8.85. The predicted octanol–water partition coefficient (Wildman–Crippen LogP) is 13.6. The van der Waals surface area contributed by atoms with Gasteiger partial charge in [-0.25, -0.2) is 15.0 Å². The molecule has 0 bridgehead atoms. The first kappa shape index (κ1) is 31.4. The first-order chi connectivity index (χ1) is 27.2. The number of rotatable bonds is 6. The lowest BCUT2D eigenvalue weighted by atomic mass is 9.92. The number of fused-ring (bicyclic) bond motifs is 5. The molecule has 1 aliphatic heterocycles. The van der Waals surface area contributed by atoms with Crippen molar-refractivity contribution in [2.45, 2.75) is 0 Å². The summed E-state index contributed by atoms with van der Waals surface area (Å²) >= 11 is 1.80. The molecule has 0 atom stereocenters. The van der Waals surface area contributed by atoms with Gasteiger partial charge in [-0.1, -0.05) is 103 Å². The molecule has 0 saturated heterocycles. The Bertz CT molecular complexity index is 3030. The minimum atomic E-state index is 0.616. The fraction of sp³-hybridized carbons (Fsp3) is 0. The van der Waals surface area contributed by atoms with Crippen LogP contribution in [0.3, 0.4) is 0 Å². The lowest BCUT2D eigenvalue weighted by Gasteiger charge is -2.28. The van der Waals surface area contributed by atoms with Gasteiger partial charge in [0.25, 0.3) is 0 Å². The van der Waals surface area contributed by atoms with Crippen LogP contribution in [0.4, 0.5) is 17.1 Å². The van der Waals surface area contributed by atoms with Crippen molar-refractivity contribution >= 4 is 59.3 Å². The Balaban J connectivity index is 1.06. The highest BCUT2D eigenvalue weighted by molar-refractivity contribution is 7.25. The number of para-hydroxylation sites is 2. The molecule has 0 radical (unpaired) electrons. The number of aromatic nitrogens is 3. The van der Waals surface area contributed by atoms with Crippen molar-refractivity contribution < 1.29 is 4.74 Å². The van der Waals surface area contributed by atoms with Crippen LogP contribution >= 0.6 is 11.3 Å². The van der Waals surface area contributed by atoms with Crippen LogP contribution < -0.4 is 9.64 Å². The molecule has 55 heavy (non-hydrogen) atoms. The minimum Gasteiger partial charge on any atom is -0.456 e. The third-order valence-corrected chi connectivity index (χ3v) is 11.5. The zero-order valence-corrected chi connectivity index (χ0v) is 30.2. The van der Waals surface area contributed by atoms with Gasteiger partial charge in [-0.3, -0.25) is 0 Å². The summed E-state index contributed by atoms with van der Waals surface area (Å²) in [7, 11) is 0. The predicted molar refractivity (Wildman–Crippen MR) is 227 cm³/mol. The van der Waals surface area contributed by atoms with Crippen LogP contribution in [0.5, 0.6) is 11.5 Å². The van der Waals surface area contributed by atoms with Crippen molar-refractivity contribution in [3.63, 3.8) is 0 Å².